The third kappa shape index (κ3) is 4.43. The largest absolute Gasteiger partial charge is 0.447 e. The third-order valence-corrected chi connectivity index (χ3v) is 6.83. The molecule has 1 heterocycles. The van der Waals surface area contributed by atoms with Crippen molar-refractivity contribution in [2.24, 2.45) is 11.8 Å². The second-order valence-electron chi connectivity index (χ2n) is 8.79. The molecule has 2 aromatic carbocycles. The molecule has 158 valence electrons. The van der Waals surface area contributed by atoms with Crippen molar-refractivity contribution in [3.05, 3.63) is 71.8 Å². The van der Waals surface area contributed by atoms with Crippen LogP contribution in [0.4, 0.5) is 4.79 Å². The molecular formula is C26H31NO3. The van der Waals surface area contributed by atoms with Crippen molar-refractivity contribution in [1.82, 2.24) is 4.90 Å². The number of hydrogen-bond acceptors (Lipinski definition) is 3. The van der Waals surface area contributed by atoms with Crippen molar-refractivity contribution in [3.63, 3.8) is 0 Å². The number of imide groups is 1. The number of carbonyl (C=O) groups is 2. The third-order valence-electron chi connectivity index (χ3n) is 6.83. The molecule has 2 fully saturated rings. The van der Waals surface area contributed by atoms with Gasteiger partial charge in [0.1, 0.15) is 6.61 Å². The average Bonchev–Trinajstić information content (AvgIpc) is 3.17. The molecule has 2 atom stereocenters. The first-order chi connectivity index (χ1) is 14.6. The van der Waals surface area contributed by atoms with Crippen LogP contribution in [-0.2, 0) is 9.53 Å². The summed E-state index contributed by atoms with van der Waals surface area (Å²) < 4.78 is 5.42. The van der Waals surface area contributed by atoms with E-state index < -0.39 is 6.09 Å². The molecule has 4 heteroatoms. The molecule has 0 N–H and O–H groups in total. The van der Waals surface area contributed by atoms with Gasteiger partial charge in [-0.1, -0.05) is 99.7 Å². The molecule has 2 aliphatic rings. The summed E-state index contributed by atoms with van der Waals surface area (Å²) in [5.74, 6) is 0.669. The number of benzene rings is 2. The minimum atomic E-state index is -0.502. The van der Waals surface area contributed by atoms with Gasteiger partial charge in [-0.05, 0) is 23.0 Å². The van der Waals surface area contributed by atoms with Crippen molar-refractivity contribution in [2.75, 3.05) is 6.61 Å². The molecule has 0 radical (unpaired) electrons. The quantitative estimate of drug-likeness (QED) is 0.613. The van der Waals surface area contributed by atoms with Crippen LogP contribution in [0.2, 0.25) is 0 Å². The van der Waals surface area contributed by atoms with Gasteiger partial charge in [0, 0.05) is 12.3 Å². The van der Waals surface area contributed by atoms with E-state index in [1.807, 2.05) is 36.4 Å². The zero-order valence-electron chi connectivity index (χ0n) is 17.7. The van der Waals surface area contributed by atoms with E-state index in [-0.39, 0.29) is 24.5 Å². The SMILES string of the molecule is C[C@@H](CC(=O)N1C(=O)OC[C@H]1C(c1ccccc1)c1ccccc1)C1CCCCC1. The first kappa shape index (κ1) is 20.6. The fourth-order valence-corrected chi connectivity index (χ4v) is 5.17. The number of ether oxygens (including phenoxy) is 1. The van der Waals surface area contributed by atoms with Crippen LogP contribution < -0.4 is 0 Å². The summed E-state index contributed by atoms with van der Waals surface area (Å²) in [6.45, 7) is 2.40. The fourth-order valence-electron chi connectivity index (χ4n) is 5.17. The van der Waals surface area contributed by atoms with Gasteiger partial charge in [-0.25, -0.2) is 9.69 Å². The van der Waals surface area contributed by atoms with Gasteiger partial charge in [0.25, 0.3) is 0 Å². The van der Waals surface area contributed by atoms with Crippen LogP contribution in [0.15, 0.2) is 60.7 Å². The minimum Gasteiger partial charge on any atom is -0.447 e. The molecule has 0 spiro atoms. The molecule has 1 saturated heterocycles. The first-order valence-corrected chi connectivity index (χ1v) is 11.2. The molecule has 1 aliphatic carbocycles. The minimum absolute atomic E-state index is 0.0996. The Kier molecular flexibility index (Phi) is 6.51. The molecule has 2 aromatic rings. The van der Waals surface area contributed by atoms with E-state index in [1.165, 1.54) is 37.0 Å². The van der Waals surface area contributed by atoms with Crippen molar-refractivity contribution in [2.45, 2.75) is 57.4 Å². The van der Waals surface area contributed by atoms with Crippen LogP contribution in [0, 0.1) is 11.8 Å². The van der Waals surface area contributed by atoms with E-state index in [0.29, 0.717) is 18.3 Å². The van der Waals surface area contributed by atoms with Crippen LogP contribution in [0.1, 0.15) is 62.5 Å². The molecule has 2 amide bonds. The van der Waals surface area contributed by atoms with Crippen LogP contribution in [0.5, 0.6) is 0 Å². The molecule has 4 nitrogen and oxygen atoms in total. The van der Waals surface area contributed by atoms with Gasteiger partial charge in [-0.3, -0.25) is 4.79 Å². The summed E-state index contributed by atoms with van der Waals surface area (Å²) in [6.07, 6.45) is 6.10. The van der Waals surface area contributed by atoms with Crippen molar-refractivity contribution in [1.29, 1.82) is 0 Å². The Morgan fingerprint density at radius 2 is 1.53 bits per heavy atom. The van der Waals surface area contributed by atoms with E-state index in [2.05, 4.69) is 31.2 Å². The highest BCUT2D eigenvalue weighted by molar-refractivity contribution is 5.94. The van der Waals surface area contributed by atoms with Gasteiger partial charge in [0.2, 0.25) is 5.91 Å². The predicted octanol–water partition coefficient (Wildman–Crippen LogP) is 5.77. The fraction of sp³-hybridized carbons (Fsp3) is 0.462. The lowest BCUT2D eigenvalue weighted by molar-refractivity contribution is -0.130. The number of hydrogen-bond donors (Lipinski definition) is 0. The maximum atomic E-state index is 13.3. The Morgan fingerprint density at radius 1 is 0.967 bits per heavy atom. The van der Waals surface area contributed by atoms with Crippen molar-refractivity contribution >= 4 is 12.0 Å². The van der Waals surface area contributed by atoms with Gasteiger partial charge >= 0.3 is 6.09 Å². The molecule has 0 bridgehead atoms. The standard InChI is InChI=1S/C26H31NO3/c1-19(20-11-5-2-6-12-20)17-24(28)27-23(18-30-26(27)29)25(21-13-7-3-8-14-21)22-15-9-4-10-16-22/h3-4,7-10,13-16,19-20,23,25H,2,5-6,11-12,17-18H2,1H3/t19-,23-/m0/s1. The summed E-state index contributed by atoms with van der Waals surface area (Å²) >= 11 is 0. The van der Waals surface area contributed by atoms with Crippen molar-refractivity contribution in [3.8, 4) is 0 Å². The zero-order chi connectivity index (χ0) is 20.9. The topological polar surface area (TPSA) is 46.6 Å². The maximum absolute atomic E-state index is 13.3. The summed E-state index contributed by atoms with van der Waals surface area (Å²) in [7, 11) is 0. The molecule has 4 rings (SSSR count). The summed E-state index contributed by atoms with van der Waals surface area (Å²) in [5, 5.41) is 0. The van der Waals surface area contributed by atoms with E-state index in [9.17, 15) is 9.59 Å². The Balaban J connectivity index is 1.59. The molecule has 30 heavy (non-hydrogen) atoms. The average molecular weight is 406 g/mol. The van der Waals surface area contributed by atoms with Gasteiger partial charge < -0.3 is 4.74 Å². The molecule has 0 unspecified atom stereocenters. The number of carbonyl (C=O) groups excluding carboxylic acids is 2. The predicted molar refractivity (Wildman–Crippen MR) is 117 cm³/mol. The van der Waals surface area contributed by atoms with Crippen LogP contribution >= 0.6 is 0 Å². The highest BCUT2D eigenvalue weighted by Crippen LogP contribution is 2.36. The Labute approximate surface area is 179 Å². The summed E-state index contributed by atoms with van der Waals surface area (Å²) in [5.41, 5.74) is 2.18. The lowest BCUT2D eigenvalue weighted by Crippen LogP contribution is -2.43. The zero-order valence-corrected chi connectivity index (χ0v) is 17.7. The molecule has 1 saturated carbocycles. The van der Waals surface area contributed by atoms with Gasteiger partial charge in [-0.15, -0.1) is 0 Å². The molecule has 1 aliphatic heterocycles. The van der Waals surface area contributed by atoms with E-state index in [1.54, 1.807) is 0 Å². The van der Waals surface area contributed by atoms with E-state index in [0.717, 1.165) is 11.1 Å². The van der Waals surface area contributed by atoms with Crippen LogP contribution in [-0.4, -0.2) is 29.5 Å². The lowest BCUT2D eigenvalue weighted by atomic mass is 9.79. The monoisotopic (exact) mass is 405 g/mol. The van der Waals surface area contributed by atoms with Gasteiger partial charge in [0.05, 0.1) is 6.04 Å². The number of cyclic esters (lactones) is 1. The number of amides is 2. The van der Waals surface area contributed by atoms with Gasteiger partial charge in [0.15, 0.2) is 0 Å². The van der Waals surface area contributed by atoms with E-state index in [4.69, 9.17) is 4.74 Å². The Morgan fingerprint density at radius 3 is 2.10 bits per heavy atom. The second kappa shape index (κ2) is 9.46. The number of nitrogens with zero attached hydrogens (tertiary/aromatic N) is 1. The highest BCUT2D eigenvalue weighted by Gasteiger charge is 2.43. The lowest BCUT2D eigenvalue weighted by Gasteiger charge is -2.31. The van der Waals surface area contributed by atoms with E-state index >= 15 is 0 Å². The maximum Gasteiger partial charge on any atom is 0.417 e. The Hall–Kier alpha value is -2.62. The smallest absolute Gasteiger partial charge is 0.417 e. The second-order valence-corrected chi connectivity index (χ2v) is 8.79. The van der Waals surface area contributed by atoms with Crippen LogP contribution in [0.3, 0.4) is 0 Å². The van der Waals surface area contributed by atoms with Crippen molar-refractivity contribution < 1.29 is 14.3 Å². The number of rotatable bonds is 6. The summed E-state index contributed by atoms with van der Waals surface area (Å²) in [4.78, 5) is 27.4. The van der Waals surface area contributed by atoms with Crippen LogP contribution in [0.25, 0.3) is 0 Å². The molecule has 0 aromatic heterocycles. The first-order valence-electron chi connectivity index (χ1n) is 11.2. The summed E-state index contributed by atoms with van der Waals surface area (Å²) in [6, 6.07) is 19.9. The molecular weight excluding hydrogens is 374 g/mol. The Bertz CT molecular complexity index is 806. The highest BCUT2D eigenvalue weighted by atomic mass is 16.6. The van der Waals surface area contributed by atoms with Gasteiger partial charge in [-0.2, -0.15) is 0 Å². The normalized spacial score (nSPS) is 20.9.